The van der Waals surface area contributed by atoms with E-state index in [0.717, 1.165) is 0 Å². The van der Waals surface area contributed by atoms with Gasteiger partial charge in [0.05, 0.1) is 23.8 Å². The van der Waals surface area contributed by atoms with Crippen molar-refractivity contribution < 1.29 is 19.7 Å². The Labute approximate surface area is 131 Å². The monoisotopic (exact) mass is 314 g/mol. The topological polar surface area (TPSA) is 137 Å². The maximum atomic E-state index is 10.2. The zero-order chi connectivity index (χ0) is 16.6. The number of nitrogens with zero attached hydrogens (tertiary/aromatic N) is 2. The Kier molecular flexibility index (Phi) is 3.56. The normalized spacial score (nSPS) is 16.6. The van der Waals surface area contributed by atoms with Gasteiger partial charge >= 0.3 is 0 Å². The molecular weight excluding hydrogens is 300 g/mol. The first kappa shape index (κ1) is 14.7. The molecule has 0 aliphatic carbocycles. The standard InChI is InChI=1S/C15H14N4O4/c1-22-6-10-13-12(8-3-2-7(20)4-11(8)21)9(5-16)14(17)23-15(13)19-18-10/h2-4,12,20-21H,6,17H2,1H3,(H,18,19)/t12-/m1/s1. The average molecular weight is 314 g/mol. The second-order valence-electron chi connectivity index (χ2n) is 5.02. The molecule has 0 saturated carbocycles. The van der Waals surface area contributed by atoms with Crippen LogP contribution in [-0.4, -0.2) is 27.5 Å². The van der Waals surface area contributed by atoms with Crippen molar-refractivity contribution in [2.45, 2.75) is 12.5 Å². The number of aromatic hydroxyl groups is 2. The first-order valence-electron chi connectivity index (χ1n) is 6.72. The number of hydrogen-bond donors (Lipinski definition) is 4. The van der Waals surface area contributed by atoms with Crippen molar-refractivity contribution >= 4 is 0 Å². The number of phenolic OH excluding ortho intramolecular Hbond substituents is 2. The first-order chi connectivity index (χ1) is 11.1. The molecule has 0 amide bonds. The van der Waals surface area contributed by atoms with Crippen LogP contribution < -0.4 is 10.5 Å². The summed E-state index contributed by atoms with van der Waals surface area (Å²) >= 11 is 0. The zero-order valence-corrected chi connectivity index (χ0v) is 12.2. The number of nitrogens with one attached hydrogen (secondary N) is 1. The van der Waals surface area contributed by atoms with Gasteiger partial charge in [-0.3, -0.25) is 5.10 Å². The molecule has 0 bridgehead atoms. The van der Waals surface area contributed by atoms with Gasteiger partial charge in [-0.05, 0) is 6.07 Å². The van der Waals surface area contributed by atoms with Crippen LogP contribution in [0.25, 0.3) is 0 Å². The van der Waals surface area contributed by atoms with Gasteiger partial charge < -0.3 is 25.4 Å². The number of ether oxygens (including phenoxy) is 2. The summed E-state index contributed by atoms with van der Waals surface area (Å²) in [5.74, 6) is -0.765. The molecule has 23 heavy (non-hydrogen) atoms. The molecule has 118 valence electrons. The summed E-state index contributed by atoms with van der Waals surface area (Å²) in [6.45, 7) is 0.222. The Hall–Kier alpha value is -3.18. The SMILES string of the molecule is COCc1[nH]nc2c1[C@H](c1ccc(O)cc1O)C(C#N)=C(N)O2. The summed E-state index contributed by atoms with van der Waals surface area (Å²) < 4.78 is 10.5. The Balaban J connectivity index is 2.24. The highest BCUT2D eigenvalue weighted by atomic mass is 16.5. The molecule has 1 aliphatic heterocycles. The van der Waals surface area contributed by atoms with Gasteiger partial charge in [0.15, 0.2) is 0 Å². The number of H-pyrrole nitrogens is 1. The third kappa shape index (κ3) is 2.33. The largest absolute Gasteiger partial charge is 0.508 e. The second kappa shape index (κ2) is 5.55. The van der Waals surface area contributed by atoms with Gasteiger partial charge in [0.1, 0.15) is 23.1 Å². The van der Waals surface area contributed by atoms with Crippen LogP contribution >= 0.6 is 0 Å². The molecule has 1 aromatic carbocycles. The fraction of sp³-hybridized carbons (Fsp3) is 0.200. The van der Waals surface area contributed by atoms with Crippen LogP contribution in [-0.2, 0) is 11.3 Å². The Bertz CT molecular complexity index is 834. The molecule has 8 heteroatoms. The van der Waals surface area contributed by atoms with Crippen LogP contribution in [0.5, 0.6) is 17.4 Å². The van der Waals surface area contributed by atoms with E-state index in [1.165, 1.54) is 25.3 Å². The molecule has 0 radical (unpaired) electrons. The van der Waals surface area contributed by atoms with Gasteiger partial charge in [-0.1, -0.05) is 6.07 Å². The van der Waals surface area contributed by atoms with Gasteiger partial charge in [-0.25, -0.2) is 0 Å². The molecule has 0 fully saturated rings. The highest BCUT2D eigenvalue weighted by molar-refractivity contribution is 5.58. The molecule has 8 nitrogen and oxygen atoms in total. The molecule has 2 aromatic rings. The van der Waals surface area contributed by atoms with Crippen LogP contribution in [0.2, 0.25) is 0 Å². The summed E-state index contributed by atoms with van der Waals surface area (Å²) in [5, 5.41) is 36.0. The van der Waals surface area contributed by atoms with E-state index in [2.05, 4.69) is 10.2 Å². The number of allylic oxidation sites excluding steroid dienone is 1. The number of nitrogens with two attached hydrogens (primary N) is 1. The predicted molar refractivity (Wildman–Crippen MR) is 78.4 cm³/mol. The third-order valence-electron chi connectivity index (χ3n) is 3.63. The minimum atomic E-state index is -0.673. The third-order valence-corrected chi connectivity index (χ3v) is 3.63. The number of aromatic amines is 1. The molecular formula is C15H14N4O4. The lowest BCUT2D eigenvalue weighted by Crippen LogP contribution is -2.21. The first-order valence-corrected chi connectivity index (χ1v) is 6.72. The molecule has 1 aromatic heterocycles. The second-order valence-corrected chi connectivity index (χ2v) is 5.02. The minimum absolute atomic E-state index is 0.0760. The van der Waals surface area contributed by atoms with Crippen molar-refractivity contribution in [3.63, 3.8) is 0 Å². The van der Waals surface area contributed by atoms with E-state index in [9.17, 15) is 15.5 Å². The molecule has 0 unspecified atom stereocenters. The summed E-state index contributed by atoms with van der Waals surface area (Å²) in [4.78, 5) is 0. The van der Waals surface area contributed by atoms with Gasteiger partial charge in [0.2, 0.25) is 11.8 Å². The van der Waals surface area contributed by atoms with Crippen LogP contribution in [0, 0.1) is 11.3 Å². The Morgan fingerprint density at radius 2 is 2.26 bits per heavy atom. The number of fused-ring (bicyclic) bond motifs is 1. The van der Waals surface area contributed by atoms with E-state index >= 15 is 0 Å². The van der Waals surface area contributed by atoms with Crippen LogP contribution in [0.15, 0.2) is 29.7 Å². The molecule has 2 heterocycles. The van der Waals surface area contributed by atoms with Crippen molar-refractivity contribution in [1.82, 2.24) is 10.2 Å². The molecule has 5 N–H and O–H groups in total. The number of phenols is 2. The summed E-state index contributed by atoms with van der Waals surface area (Å²) in [6, 6.07) is 6.17. The predicted octanol–water partition coefficient (Wildman–Crippen LogP) is 1.19. The number of hydrogen-bond acceptors (Lipinski definition) is 7. The molecule has 1 aliphatic rings. The number of rotatable bonds is 3. The summed E-state index contributed by atoms with van der Waals surface area (Å²) in [7, 11) is 1.53. The van der Waals surface area contributed by atoms with Gasteiger partial charge in [-0.2, -0.15) is 5.26 Å². The van der Waals surface area contributed by atoms with E-state index < -0.39 is 5.92 Å². The molecule has 0 spiro atoms. The lowest BCUT2D eigenvalue weighted by molar-refractivity contribution is 0.180. The lowest BCUT2D eigenvalue weighted by Gasteiger charge is -2.24. The highest BCUT2D eigenvalue weighted by Crippen LogP contribution is 2.45. The van der Waals surface area contributed by atoms with E-state index in [0.29, 0.717) is 16.8 Å². The van der Waals surface area contributed by atoms with Gasteiger partial charge in [0.25, 0.3) is 0 Å². The number of aromatic nitrogens is 2. The number of benzene rings is 1. The van der Waals surface area contributed by atoms with Crippen LogP contribution in [0.4, 0.5) is 0 Å². The minimum Gasteiger partial charge on any atom is -0.508 e. The van der Waals surface area contributed by atoms with E-state index in [1.54, 1.807) is 0 Å². The quantitative estimate of drug-likeness (QED) is 0.667. The van der Waals surface area contributed by atoms with E-state index in [1.807, 2.05) is 6.07 Å². The van der Waals surface area contributed by atoms with Crippen LogP contribution in [0.1, 0.15) is 22.7 Å². The highest BCUT2D eigenvalue weighted by Gasteiger charge is 2.36. The number of nitriles is 1. The van der Waals surface area contributed by atoms with Crippen molar-refractivity contribution in [1.29, 1.82) is 5.26 Å². The smallest absolute Gasteiger partial charge is 0.244 e. The maximum Gasteiger partial charge on any atom is 0.244 e. The van der Waals surface area contributed by atoms with Crippen molar-refractivity contribution in [2.75, 3.05) is 7.11 Å². The van der Waals surface area contributed by atoms with Crippen molar-refractivity contribution in [2.24, 2.45) is 5.73 Å². The van der Waals surface area contributed by atoms with E-state index in [4.69, 9.17) is 15.2 Å². The zero-order valence-electron chi connectivity index (χ0n) is 12.2. The summed E-state index contributed by atoms with van der Waals surface area (Å²) in [5.41, 5.74) is 7.55. The number of methoxy groups -OCH3 is 1. The van der Waals surface area contributed by atoms with Gasteiger partial charge in [-0.15, -0.1) is 5.10 Å². The van der Waals surface area contributed by atoms with E-state index in [-0.39, 0.29) is 35.4 Å². The fourth-order valence-corrected chi connectivity index (χ4v) is 2.65. The van der Waals surface area contributed by atoms with Gasteiger partial charge in [0, 0.05) is 18.7 Å². The summed E-state index contributed by atoms with van der Waals surface area (Å²) in [6.07, 6.45) is 0. The molecule has 0 saturated heterocycles. The molecule has 3 rings (SSSR count). The fourth-order valence-electron chi connectivity index (χ4n) is 2.65. The average Bonchev–Trinajstić information content (AvgIpc) is 2.89. The van der Waals surface area contributed by atoms with Crippen LogP contribution in [0.3, 0.4) is 0 Å². The Morgan fingerprint density at radius 3 is 2.91 bits per heavy atom. The van der Waals surface area contributed by atoms with Crippen molar-refractivity contribution in [3.8, 4) is 23.4 Å². The lowest BCUT2D eigenvalue weighted by atomic mass is 9.83. The Morgan fingerprint density at radius 1 is 1.48 bits per heavy atom. The maximum absolute atomic E-state index is 10.2. The van der Waals surface area contributed by atoms with Crippen molar-refractivity contribution in [3.05, 3.63) is 46.5 Å². The molecule has 1 atom stereocenters.